The number of aromatic nitrogens is 2. The fourth-order valence-corrected chi connectivity index (χ4v) is 4.40. The van der Waals surface area contributed by atoms with Crippen LogP contribution in [0.25, 0.3) is 21.1 Å². The second kappa shape index (κ2) is 7.38. The molecular formula is C21H20N2O2S. The molecule has 2 aromatic carbocycles. The lowest BCUT2D eigenvalue weighted by atomic mass is 9.84. The van der Waals surface area contributed by atoms with Crippen LogP contribution in [-0.2, 0) is 0 Å². The average molecular weight is 364 g/mol. The van der Waals surface area contributed by atoms with Crippen LogP contribution in [0.5, 0.6) is 0 Å². The van der Waals surface area contributed by atoms with Crippen molar-refractivity contribution in [3.8, 4) is 21.1 Å². The third kappa shape index (κ3) is 3.53. The minimum atomic E-state index is -0.924. The van der Waals surface area contributed by atoms with Gasteiger partial charge in [0, 0.05) is 11.1 Å². The summed E-state index contributed by atoms with van der Waals surface area (Å²) < 4.78 is 0. The first-order valence-electron chi connectivity index (χ1n) is 8.98. The van der Waals surface area contributed by atoms with Crippen LogP contribution in [0.15, 0.2) is 48.5 Å². The fourth-order valence-electron chi connectivity index (χ4n) is 3.55. The lowest BCUT2D eigenvalue weighted by molar-refractivity contribution is 0.0697. The largest absolute Gasteiger partial charge is 0.478 e. The molecule has 1 aromatic heterocycles. The Labute approximate surface area is 156 Å². The van der Waals surface area contributed by atoms with Crippen LogP contribution < -0.4 is 0 Å². The molecule has 4 rings (SSSR count). The van der Waals surface area contributed by atoms with Crippen molar-refractivity contribution in [3.63, 3.8) is 0 Å². The molecule has 132 valence electrons. The highest BCUT2D eigenvalue weighted by atomic mass is 32.1. The van der Waals surface area contributed by atoms with E-state index < -0.39 is 5.97 Å². The minimum Gasteiger partial charge on any atom is -0.478 e. The first-order valence-corrected chi connectivity index (χ1v) is 9.80. The molecule has 1 aliphatic carbocycles. The fraction of sp³-hybridized carbons (Fsp3) is 0.286. The summed E-state index contributed by atoms with van der Waals surface area (Å²) in [6, 6.07) is 15.5. The Balaban J connectivity index is 1.53. The van der Waals surface area contributed by atoms with Gasteiger partial charge in [-0.1, -0.05) is 67.0 Å². The zero-order valence-electron chi connectivity index (χ0n) is 14.4. The summed E-state index contributed by atoms with van der Waals surface area (Å²) in [5.41, 5.74) is 3.67. The Morgan fingerprint density at radius 2 is 1.38 bits per heavy atom. The predicted molar refractivity (Wildman–Crippen MR) is 104 cm³/mol. The average Bonchev–Trinajstić information content (AvgIpc) is 3.19. The second-order valence-corrected chi connectivity index (χ2v) is 7.73. The number of carbonyl (C=O) groups is 1. The van der Waals surface area contributed by atoms with E-state index in [-0.39, 0.29) is 5.56 Å². The van der Waals surface area contributed by atoms with Crippen LogP contribution in [0.2, 0.25) is 0 Å². The molecule has 0 aliphatic heterocycles. The first-order chi connectivity index (χ1) is 12.7. The third-order valence-electron chi connectivity index (χ3n) is 5.04. The molecule has 3 aromatic rings. The molecule has 4 nitrogen and oxygen atoms in total. The standard InChI is InChI=1S/C21H20N2O2S/c24-21(25)18-12-10-17(11-13-18)20-23-22-19(26-20)16-8-6-15(7-9-16)14-4-2-1-3-5-14/h6-14H,1-5H2,(H,24,25). The summed E-state index contributed by atoms with van der Waals surface area (Å²) in [5, 5.41) is 19.3. The van der Waals surface area contributed by atoms with Crippen molar-refractivity contribution in [2.24, 2.45) is 0 Å². The molecule has 0 bridgehead atoms. The van der Waals surface area contributed by atoms with E-state index in [0.29, 0.717) is 5.92 Å². The molecule has 0 saturated heterocycles. The van der Waals surface area contributed by atoms with Gasteiger partial charge in [-0.15, -0.1) is 10.2 Å². The quantitative estimate of drug-likeness (QED) is 0.653. The Kier molecular flexibility index (Phi) is 4.80. The highest BCUT2D eigenvalue weighted by Gasteiger charge is 2.16. The van der Waals surface area contributed by atoms with Gasteiger partial charge in [-0.2, -0.15) is 0 Å². The maximum Gasteiger partial charge on any atom is 0.335 e. The van der Waals surface area contributed by atoms with E-state index in [1.807, 2.05) is 0 Å². The Hall–Kier alpha value is -2.53. The van der Waals surface area contributed by atoms with Gasteiger partial charge < -0.3 is 5.11 Å². The molecule has 1 aliphatic rings. The Morgan fingerprint density at radius 3 is 1.92 bits per heavy atom. The van der Waals surface area contributed by atoms with Crippen LogP contribution in [0.3, 0.4) is 0 Å². The lowest BCUT2D eigenvalue weighted by Gasteiger charge is -2.21. The van der Waals surface area contributed by atoms with Gasteiger partial charge in [0.2, 0.25) is 0 Å². The number of nitrogens with zero attached hydrogens (tertiary/aromatic N) is 2. The van der Waals surface area contributed by atoms with E-state index in [1.165, 1.54) is 49.0 Å². The molecular weight excluding hydrogens is 344 g/mol. The Morgan fingerprint density at radius 1 is 0.846 bits per heavy atom. The van der Waals surface area contributed by atoms with Gasteiger partial charge in [0.05, 0.1) is 5.56 Å². The van der Waals surface area contributed by atoms with Crippen molar-refractivity contribution in [1.82, 2.24) is 10.2 Å². The zero-order chi connectivity index (χ0) is 17.9. The highest BCUT2D eigenvalue weighted by molar-refractivity contribution is 7.17. The number of benzene rings is 2. The van der Waals surface area contributed by atoms with Crippen molar-refractivity contribution in [2.75, 3.05) is 0 Å². The maximum atomic E-state index is 11.0. The molecule has 26 heavy (non-hydrogen) atoms. The highest BCUT2D eigenvalue weighted by Crippen LogP contribution is 2.35. The summed E-state index contributed by atoms with van der Waals surface area (Å²) in [6.07, 6.45) is 6.65. The molecule has 5 heteroatoms. The number of carboxylic acid groups (broad SMARTS) is 1. The normalized spacial score (nSPS) is 15.1. The van der Waals surface area contributed by atoms with Gasteiger partial charge in [-0.05, 0) is 36.5 Å². The van der Waals surface area contributed by atoms with E-state index in [1.54, 1.807) is 24.3 Å². The van der Waals surface area contributed by atoms with Crippen molar-refractivity contribution >= 4 is 17.3 Å². The Bertz CT molecular complexity index is 895. The van der Waals surface area contributed by atoms with Crippen LogP contribution in [0.4, 0.5) is 0 Å². The van der Waals surface area contributed by atoms with Crippen LogP contribution >= 0.6 is 11.3 Å². The number of hydrogen-bond acceptors (Lipinski definition) is 4. The lowest BCUT2D eigenvalue weighted by Crippen LogP contribution is -2.04. The van der Waals surface area contributed by atoms with Crippen molar-refractivity contribution in [1.29, 1.82) is 0 Å². The van der Waals surface area contributed by atoms with Gasteiger partial charge in [0.15, 0.2) is 0 Å². The molecule has 1 saturated carbocycles. The summed E-state index contributed by atoms with van der Waals surface area (Å²) in [7, 11) is 0. The number of hydrogen-bond donors (Lipinski definition) is 1. The second-order valence-electron chi connectivity index (χ2n) is 6.75. The van der Waals surface area contributed by atoms with E-state index in [2.05, 4.69) is 34.5 Å². The molecule has 0 atom stereocenters. The van der Waals surface area contributed by atoms with Crippen LogP contribution in [0, 0.1) is 0 Å². The first kappa shape index (κ1) is 16.9. The van der Waals surface area contributed by atoms with Gasteiger partial charge in [0.25, 0.3) is 0 Å². The van der Waals surface area contributed by atoms with Crippen molar-refractivity contribution < 1.29 is 9.90 Å². The molecule has 0 radical (unpaired) electrons. The summed E-state index contributed by atoms with van der Waals surface area (Å²) in [5.74, 6) is -0.219. The predicted octanol–water partition coefficient (Wildman–Crippen LogP) is 5.62. The molecule has 1 fully saturated rings. The molecule has 1 N–H and O–H groups in total. The van der Waals surface area contributed by atoms with Crippen LogP contribution in [0.1, 0.15) is 53.9 Å². The van der Waals surface area contributed by atoms with Gasteiger partial charge in [-0.3, -0.25) is 0 Å². The van der Waals surface area contributed by atoms with Gasteiger partial charge in [0.1, 0.15) is 10.0 Å². The summed E-state index contributed by atoms with van der Waals surface area (Å²) in [6.45, 7) is 0. The van der Waals surface area contributed by atoms with E-state index in [9.17, 15) is 4.79 Å². The molecule has 0 unspecified atom stereocenters. The molecule has 1 heterocycles. The third-order valence-corrected chi connectivity index (χ3v) is 6.06. The topological polar surface area (TPSA) is 63.1 Å². The van der Waals surface area contributed by atoms with Gasteiger partial charge >= 0.3 is 5.97 Å². The maximum absolute atomic E-state index is 11.0. The monoisotopic (exact) mass is 364 g/mol. The zero-order valence-corrected chi connectivity index (χ0v) is 15.2. The number of rotatable bonds is 4. The van der Waals surface area contributed by atoms with Crippen molar-refractivity contribution in [3.05, 3.63) is 59.7 Å². The summed E-state index contributed by atoms with van der Waals surface area (Å²) >= 11 is 1.53. The smallest absolute Gasteiger partial charge is 0.335 e. The SMILES string of the molecule is O=C(O)c1ccc(-c2nnc(-c3ccc(C4CCCCC4)cc3)s2)cc1. The molecule has 0 spiro atoms. The van der Waals surface area contributed by atoms with E-state index >= 15 is 0 Å². The summed E-state index contributed by atoms with van der Waals surface area (Å²) in [4.78, 5) is 11.0. The molecule has 0 amide bonds. The van der Waals surface area contributed by atoms with E-state index in [4.69, 9.17) is 5.11 Å². The number of aromatic carboxylic acids is 1. The van der Waals surface area contributed by atoms with Crippen LogP contribution in [-0.4, -0.2) is 21.3 Å². The minimum absolute atomic E-state index is 0.275. The van der Waals surface area contributed by atoms with E-state index in [0.717, 1.165) is 21.1 Å². The number of carboxylic acids is 1. The van der Waals surface area contributed by atoms with Crippen molar-refractivity contribution in [2.45, 2.75) is 38.0 Å². The van der Waals surface area contributed by atoms with Gasteiger partial charge in [-0.25, -0.2) is 4.79 Å².